The predicted molar refractivity (Wildman–Crippen MR) is 285 cm³/mol. The number of hydrogen-bond donors (Lipinski definition) is 0. The van der Waals surface area contributed by atoms with Crippen LogP contribution in [0.5, 0.6) is 0 Å². The summed E-state index contributed by atoms with van der Waals surface area (Å²) < 4.78 is 0. The van der Waals surface area contributed by atoms with E-state index >= 15 is 0 Å². The van der Waals surface area contributed by atoms with Gasteiger partial charge >= 0.3 is 0 Å². The number of rotatable bonds is 8. The summed E-state index contributed by atoms with van der Waals surface area (Å²) in [7, 11) is 0. The Balaban J connectivity index is 0.897. The number of anilines is 6. The first-order valence-corrected chi connectivity index (χ1v) is 23.7. The first-order valence-electron chi connectivity index (χ1n) is 23.7. The zero-order valence-corrected chi connectivity index (χ0v) is 37.3. The van der Waals surface area contributed by atoms with Crippen LogP contribution in [0.3, 0.4) is 0 Å². The van der Waals surface area contributed by atoms with Crippen molar-refractivity contribution in [2.24, 2.45) is 0 Å². The summed E-state index contributed by atoms with van der Waals surface area (Å²) >= 11 is 0. The molecule has 68 heavy (non-hydrogen) atoms. The monoisotopic (exact) mass is 864 g/mol. The van der Waals surface area contributed by atoms with Crippen molar-refractivity contribution in [1.82, 2.24) is 0 Å². The highest BCUT2D eigenvalue weighted by molar-refractivity contribution is 6.28. The molecule has 0 heterocycles. The zero-order valence-electron chi connectivity index (χ0n) is 37.3. The lowest BCUT2D eigenvalue weighted by Gasteiger charge is -2.29. The van der Waals surface area contributed by atoms with Gasteiger partial charge < -0.3 is 9.80 Å². The summed E-state index contributed by atoms with van der Waals surface area (Å²) in [4.78, 5) is 4.87. The van der Waals surface area contributed by atoms with E-state index in [1.807, 2.05) is 0 Å². The maximum absolute atomic E-state index is 2.44. The molecule has 0 radical (unpaired) electrons. The molecule has 2 heteroatoms. The molecule has 0 amide bonds. The van der Waals surface area contributed by atoms with Crippen LogP contribution in [0.15, 0.2) is 255 Å². The van der Waals surface area contributed by atoms with E-state index in [1.54, 1.807) is 0 Å². The Kier molecular flexibility index (Phi) is 8.75. The van der Waals surface area contributed by atoms with Crippen molar-refractivity contribution in [1.29, 1.82) is 0 Å². The van der Waals surface area contributed by atoms with Crippen molar-refractivity contribution in [3.8, 4) is 22.3 Å². The van der Waals surface area contributed by atoms with E-state index < -0.39 is 0 Å². The molecule has 318 valence electrons. The molecule has 0 atom stereocenters. The molecule has 12 aromatic carbocycles. The van der Waals surface area contributed by atoms with Crippen LogP contribution in [0, 0.1) is 0 Å². The molecule has 0 unspecified atom stereocenters. The minimum atomic E-state index is 0.195. The number of hydrogen-bond acceptors (Lipinski definition) is 2. The predicted octanol–water partition coefficient (Wildman–Crippen LogP) is 17.8. The van der Waals surface area contributed by atoms with Gasteiger partial charge in [0.2, 0.25) is 0 Å². The van der Waals surface area contributed by atoms with E-state index in [1.165, 1.54) is 88.0 Å². The second-order valence-corrected chi connectivity index (χ2v) is 18.3. The van der Waals surface area contributed by atoms with Gasteiger partial charge in [-0.3, -0.25) is 0 Å². The summed E-state index contributed by atoms with van der Waals surface area (Å²) in [5.41, 5.74) is 20.2. The molecule has 2 aliphatic rings. The Morgan fingerprint density at radius 1 is 0.235 bits per heavy atom. The molecule has 0 bridgehead atoms. The zero-order chi connectivity index (χ0) is 44.7. The van der Waals surface area contributed by atoms with E-state index in [2.05, 4.69) is 265 Å². The Bertz CT molecular complexity index is 3510. The summed E-state index contributed by atoms with van der Waals surface area (Å²) in [6, 6.07) is 94.4. The maximum atomic E-state index is 2.44. The summed E-state index contributed by atoms with van der Waals surface area (Å²) in [6.07, 6.45) is 0. The molecule has 12 aromatic rings. The minimum Gasteiger partial charge on any atom is -0.310 e. The summed E-state index contributed by atoms with van der Waals surface area (Å²) in [5, 5.41) is 7.45. The Labute approximate surface area is 396 Å². The van der Waals surface area contributed by atoms with Gasteiger partial charge in [0, 0.05) is 45.4 Å². The highest BCUT2D eigenvalue weighted by Gasteiger charge is 2.31. The fourth-order valence-corrected chi connectivity index (χ4v) is 11.8. The third kappa shape index (κ3) is 5.91. The van der Waals surface area contributed by atoms with Gasteiger partial charge in [-0.15, -0.1) is 0 Å². The van der Waals surface area contributed by atoms with Crippen LogP contribution in [0.25, 0.3) is 54.6 Å². The van der Waals surface area contributed by atoms with E-state index in [9.17, 15) is 0 Å². The smallest absolute Gasteiger partial charge is 0.0540 e. The highest BCUT2D eigenvalue weighted by Crippen LogP contribution is 2.52. The first kappa shape index (κ1) is 38.5. The molecule has 0 aromatic heterocycles. The van der Waals surface area contributed by atoms with Crippen molar-refractivity contribution in [2.45, 2.75) is 11.8 Å². The molecule has 14 rings (SSSR count). The van der Waals surface area contributed by atoms with Gasteiger partial charge in [-0.05, 0) is 138 Å². The quantitative estimate of drug-likeness (QED) is 0.140. The second-order valence-electron chi connectivity index (χ2n) is 18.3. The average molecular weight is 865 g/mol. The molecular weight excluding hydrogens is 821 g/mol. The van der Waals surface area contributed by atoms with E-state index in [-0.39, 0.29) is 11.8 Å². The Morgan fingerprint density at radius 3 is 0.882 bits per heavy atom. The van der Waals surface area contributed by atoms with Crippen LogP contribution in [-0.4, -0.2) is 0 Å². The fourth-order valence-electron chi connectivity index (χ4n) is 11.8. The third-order valence-corrected chi connectivity index (χ3v) is 14.8. The lowest BCUT2D eigenvalue weighted by Crippen LogP contribution is -2.12. The number of nitrogens with zero attached hydrogens (tertiary/aromatic N) is 2. The van der Waals surface area contributed by atoms with Crippen LogP contribution < -0.4 is 9.80 Å². The summed E-state index contributed by atoms with van der Waals surface area (Å²) in [5.74, 6) is 0.391. The van der Waals surface area contributed by atoms with Crippen molar-refractivity contribution < 1.29 is 0 Å². The van der Waals surface area contributed by atoms with Crippen molar-refractivity contribution in [2.75, 3.05) is 9.80 Å². The third-order valence-electron chi connectivity index (χ3n) is 14.8. The average Bonchev–Trinajstić information content (AvgIpc) is 3.93. The number of benzene rings is 12. The Hall–Kier alpha value is -8.72. The van der Waals surface area contributed by atoms with Gasteiger partial charge in [-0.1, -0.05) is 194 Å². The summed E-state index contributed by atoms with van der Waals surface area (Å²) in [6.45, 7) is 0. The van der Waals surface area contributed by atoms with Crippen molar-refractivity contribution in [3.63, 3.8) is 0 Å². The lowest BCUT2D eigenvalue weighted by atomic mass is 9.89. The van der Waals surface area contributed by atoms with Gasteiger partial charge in [0.15, 0.2) is 0 Å². The standard InChI is InChI=1S/C66H44N2/c1-3-15-47(16-4-1)67(49-35-27-43(28-36-49)63-55-23-11-7-19-51(55)52-20-8-12-24-56(52)63)61-41-33-45-32-40-60-62(42-34-46-31-39-59(61)65(45)66(46)60)68(48-17-5-2-6-18-48)50-37-29-44(30-38-50)64-57-25-13-9-21-53(57)54-22-10-14-26-58(54)64/h1-42,63-64H. The van der Waals surface area contributed by atoms with Gasteiger partial charge in [-0.25, -0.2) is 0 Å². The van der Waals surface area contributed by atoms with Gasteiger partial charge in [0.05, 0.1) is 11.4 Å². The van der Waals surface area contributed by atoms with Gasteiger partial charge in [0.1, 0.15) is 0 Å². The molecular formula is C66H44N2. The minimum absolute atomic E-state index is 0.195. The molecule has 0 saturated heterocycles. The maximum Gasteiger partial charge on any atom is 0.0540 e. The highest BCUT2D eigenvalue weighted by atomic mass is 15.1. The van der Waals surface area contributed by atoms with Crippen LogP contribution in [0.2, 0.25) is 0 Å². The number of para-hydroxylation sites is 2. The second kappa shape index (κ2) is 15.4. The van der Waals surface area contributed by atoms with Gasteiger partial charge in [0.25, 0.3) is 0 Å². The normalized spacial score (nSPS) is 12.9. The largest absolute Gasteiger partial charge is 0.310 e. The van der Waals surface area contributed by atoms with Crippen molar-refractivity contribution in [3.05, 3.63) is 288 Å². The molecule has 2 aliphatic carbocycles. The molecule has 0 saturated carbocycles. The van der Waals surface area contributed by atoms with E-state index in [0.717, 1.165) is 34.1 Å². The van der Waals surface area contributed by atoms with Gasteiger partial charge in [-0.2, -0.15) is 0 Å². The van der Waals surface area contributed by atoms with E-state index in [0.29, 0.717) is 0 Å². The molecule has 0 N–H and O–H groups in total. The van der Waals surface area contributed by atoms with Crippen LogP contribution in [0.4, 0.5) is 34.1 Å². The molecule has 0 spiro atoms. The molecule has 0 aliphatic heterocycles. The van der Waals surface area contributed by atoms with E-state index in [4.69, 9.17) is 0 Å². The topological polar surface area (TPSA) is 6.48 Å². The molecule has 2 nitrogen and oxygen atoms in total. The fraction of sp³-hybridized carbons (Fsp3) is 0.0303. The first-order chi connectivity index (χ1) is 33.8. The van der Waals surface area contributed by atoms with Crippen molar-refractivity contribution >= 4 is 66.4 Å². The number of fused-ring (bicyclic) bond motifs is 6. The molecule has 0 fully saturated rings. The van der Waals surface area contributed by atoms with Crippen LogP contribution in [-0.2, 0) is 0 Å². The Morgan fingerprint density at radius 2 is 0.529 bits per heavy atom. The van der Waals surface area contributed by atoms with Crippen LogP contribution in [0.1, 0.15) is 45.2 Å². The lowest BCUT2D eigenvalue weighted by molar-refractivity contribution is 1.01. The van der Waals surface area contributed by atoms with Crippen LogP contribution >= 0.6 is 0 Å². The SMILES string of the molecule is c1ccc(N(c2ccc(C3c4ccccc4-c4ccccc43)cc2)c2ccc3ccc4c(N(c5ccccc5)c5ccc(C6c7ccccc7-c7ccccc76)cc5)ccc5ccc2c3c54)cc1.